The van der Waals surface area contributed by atoms with Gasteiger partial charge < -0.3 is 9.32 Å². The number of piperazine rings is 1. The highest BCUT2D eigenvalue weighted by Gasteiger charge is 2.31. The zero-order valence-electron chi connectivity index (χ0n) is 19.8. The summed E-state index contributed by atoms with van der Waals surface area (Å²) in [4.78, 5) is 17.1. The molecule has 1 amide bonds. The maximum Gasteiger partial charge on any atom is 0.289 e. The van der Waals surface area contributed by atoms with Crippen LogP contribution in [0.4, 0.5) is 0 Å². The van der Waals surface area contributed by atoms with Crippen LogP contribution in [0, 0.1) is 0 Å². The van der Waals surface area contributed by atoms with Crippen molar-refractivity contribution in [1.82, 2.24) is 14.5 Å². The van der Waals surface area contributed by atoms with E-state index < -0.39 is 15.6 Å². The first-order valence-electron chi connectivity index (χ1n) is 11.4. The molecule has 0 radical (unpaired) electrons. The van der Waals surface area contributed by atoms with Crippen LogP contribution in [0.1, 0.15) is 48.5 Å². The molecule has 180 valence electrons. The second-order valence-electron chi connectivity index (χ2n) is 9.53. The summed E-state index contributed by atoms with van der Waals surface area (Å²) in [6, 6.07) is 23.6. The number of nitrogens with one attached hydrogen (secondary N) is 1. The summed E-state index contributed by atoms with van der Waals surface area (Å²) in [6.45, 7) is 7.68. The fraction of sp³-hybridized carbons (Fsp3) is 0.346. The van der Waals surface area contributed by atoms with Gasteiger partial charge in [0, 0.05) is 31.7 Å². The van der Waals surface area contributed by atoms with Gasteiger partial charge in [0.25, 0.3) is 15.9 Å². The first-order chi connectivity index (χ1) is 16.1. The Kier molecular flexibility index (Phi) is 6.93. The van der Waals surface area contributed by atoms with E-state index in [9.17, 15) is 13.2 Å². The molecule has 0 spiro atoms. The van der Waals surface area contributed by atoms with Crippen LogP contribution in [0.15, 0.2) is 82.3 Å². The number of hydrogen-bond donors (Lipinski definition) is 1. The average molecular weight is 482 g/mol. The molecule has 0 atom stereocenters. The van der Waals surface area contributed by atoms with Crippen molar-refractivity contribution < 1.29 is 17.6 Å². The Balaban J connectivity index is 1.46. The SMILES string of the molecule is CC(C)(C)NS(=O)(=O)c1ccc(C(=O)N2CCN(C(c3ccccc3)c3ccccc3)CC2)o1. The third-order valence-corrected chi connectivity index (χ3v) is 7.33. The van der Waals surface area contributed by atoms with Crippen LogP contribution in [0.3, 0.4) is 0 Å². The second kappa shape index (κ2) is 9.74. The molecule has 4 rings (SSSR count). The van der Waals surface area contributed by atoms with Gasteiger partial charge in [-0.15, -0.1) is 0 Å². The highest BCUT2D eigenvalue weighted by Crippen LogP contribution is 2.29. The summed E-state index contributed by atoms with van der Waals surface area (Å²) in [5, 5.41) is -0.252. The van der Waals surface area contributed by atoms with Gasteiger partial charge in [-0.25, -0.2) is 13.1 Å². The number of furan rings is 1. The topological polar surface area (TPSA) is 82.9 Å². The molecule has 0 saturated carbocycles. The standard InChI is InChI=1S/C26H31N3O4S/c1-26(2,3)27-34(31,32)23-15-14-22(33-23)25(30)29-18-16-28(17-19-29)24(20-10-6-4-7-11-20)21-12-8-5-9-13-21/h4-15,24,27H,16-19H2,1-3H3. The van der Waals surface area contributed by atoms with Crippen LogP contribution in [-0.2, 0) is 10.0 Å². The van der Waals surface area contributed by atoms with E-state index in [4.69, 9.17) is 4.42 Å². The molecule has 1 aliphatic heterocycles. The van der Waals surface area contributed by atoms with Crippen molar-refractivity contribution in [2.75, 3.05) is 26.2 Å². The van der Waals surface area contributed by atoms with Crippen LogP contribution in [0.5, 0.6) is 0 Å². The van der Waals surface area contributed by atoms with Gasteiger partial charge >= 0.3 is 0 Å². The van der Waals surface area contributed by atoms with E-state index in [1.54, 1.807) is 25.7 Å². The summed E-state index contributed by atoms with van der Waals surface area (Å²) >= 11 is 0. The summed E-state index contributed by atoms with van der Waals surface area (Å²) in [5.74, 6) is -0.266. The molecule has 1 aromatic heterocycles. The van der Waals surface area contributed by atoms with Gasteiger partial charge in [-0.1, -0.05) is 60.7 Å². The van der Waals surface area contributed by atoms with Crippen molar-refractivity contribution in [2.45, 2.75) is 37.4 Å². The van der Waals surface area contributed by atoms with E-state index in [-0.39, 0.29) is 22.8 Å². The molecule has 2 aromatic carbocycles. The predicted octanol–water partition coefficient (Wildman–Crippen LogP) is 3.90. The largest absolute Gasteiger partial charge is 0.438 e. The number of rotatable bonds is 6. The molecular weight excluding hydrogens is 450 g/mol. The maximum absolute atomic E-state index is 13.0. The van der Waals surface area contributed by atoms with Gasteiger partial charge in [-0.05, 0) is 44.0 Å². The Hall–Kier alpha value is -2.94. The van der Waals surface area contributed by atoms with Gasteiger partial charge in [-0.3, -0.25) is 9.69 Å². The van der Waals surface area contributed by atoms with E-state index in [1.165, 1.54) is 23.3 Å². The summed E-state index contributed by atoms with van der Waals surface area (Å²) in [7, 11) is -3.84. The van der Waals surface area contributed by atoms with Crippen molar-refractivity contribution in [3.8, 4) is 0 Å². The van der Waals surface area contributed by atoms with Crippen LogP contribution < -0.4 is 4.72 Å². The third-order valence-electron chi connectivity index (χ3n) is 5.69. The van der Waals surface area contributed by atoms with E-state index >= 15 is 0 Å². The molecule has 1 aliphatic rings. The molecule has 1 fully saturated rings. The minimum absolute atomic E-state index is 0.0328. The van der Waals surface area contributed by atoms with E-state index in [0.29, 0.717) is 26.2 Å². The first kappa shape index (κ1) is 24.2. The summed E-state index contributed by atoms with van der Waals surface area (Å²) < 4.78 is 33.0. The molecule has 8 heteroatoms. The fourth-order valence-electron chi connectivity index (χ4n) is 4.26. The van der Waals surface area contributed by atoms with Crippen molar-refractivity contribution >= 4 is 15.9 Å². The Morgan fingerprint density at radius 2 is 1.38 bits per heavy atom. The molecular formula is C26H31N3O4S. The molecule has 0 bridgehead atoms. The number of sulfonamides is 1. The predicted molar refractivity (Wildman–Crippen MR) is 131 cm³/mol. The Morgan fingerprint density at radius 1 is 0.853 bits per heavy atom. The van der Waals surface area contributed by atoms with Gasteiger partial charge in [0.1, 0.15) is 0 Å². The Morgan fingerprint density at radius 3 is 1.88 bits per heavy atom. The lowest BCUT2D eigenvalue weighted by molar-refractivity contribution is 0.0562. The number of benzene rings is 2. The first-order valence-corrected chi connectivity index (χ1v) is 12.9. The normalized spacial score (nSPS) is 15.6. The quantitative estimate of drug-likeness (QED) is 0.577. The monoisotopic (exact) mass is 481 g/mol. The van der Waals surface area contributed by atoms with Gasteiger partial charge in [0.15, 0.2) is 5.76 Å². The van der Waals surface area contributed by atoms with Gasteiger partial charge in [0.2, 0.25) is 5.09 Å². The molecule has 0 unspecified atom stereocenters. The van der Waals surface area contributed by atoms with E-state index in [1.807, 2.05) is 36.4 Å². The Labute approximate surface area is 201 Å². The number of amides is 1. The van der Waals surface area contributed by atoms with Gasteiger partial charge in [0.05, 0.1) is 6.04 Å². The zero-order valence-corrected chi connectivity index (χ0v) is 20.6. The highest BCUT2D eigenvalue weighted by molar-refractivity contribution is 7.89. The molecule has 0 aliphatic carbocycles. The fourth-order valence-corrected chi connectivity index (χ4v) is 5.61. The van der Waals surface area contributed by atoms with Crippen molar-refractivity contribution in [1.29, 1.82) is 0 Å². The van der Waals surface area contributed by atoms with Crippen molar-refractivity contribution in [3.05, 3.63) is 89.7 Å². The highest BCUT2D eigenvalue weighted by atomic mass is 32.2. The van der Waals surface area contributed by atoms with Crippen molar-refractivity contribution in [2.24, 2.45) is 0 Å². The second-order valence-corrected chi connectivity index (χ2v) is 11.1. The van der Waals surface area contributed by atoms with Crippen LogP contribution in [-0.4, -0.2) is 55.8 Å². The molecule has 3 aromatic rings. The molecule has 7 nitrogen and oxygen atoms in total. The van der Waals surface area contributed by atoms with Gasteiger partial charge in [-0.2, -0.15) is 0 Å². The molecule has 34 heavy (non-hydrogen) atoms. The number of nitrogens with zero attached hydrogens (tertiary/aromatic N) is 2. The smallest absolute Gasteiger partial charge is 0.289 e. The Bertz CT molecular complexity index is 1170. The lowest BCUT2D eigenvalue weighted by Gasteiger charge is -2.39. The minimum atomic E-state index is -3.84. The lowest BCUT2D eigenvalue weighted by atomic mass is 9.96. The van der Waals surface area contributed by atoms with Crippen LogP contribution in [0.2, 0.25) is 0 Å². The summed E-state index contributed by atoms with van der Waals surface area (Å²) in [5.41, 5.74) is 1.77. The third kappa shape index (κ3) is 5.58. The number of hydrogen-bond acceptors (Lipinski definition) is 5. The summed E-state index contributed by atoms with van der Waals surface area (Å²) in [6.07, 6.45) is 0. The molecule has 1 N–H and O–H groups in total. The maximum atomic E-state index is 13.0. The molecule has 2 heterocycles. The average Bonchev–Trinajstić information content (AvgIpc) is 3.31. The zero-order chi connectivity index (χ0) is 24.3. The minimum Gasteiger partial charge on any atom is -0.438 e. The van der Waals surface area contributed by atoms with Crippen LogP contribution in [0.25, 0.3) is 0 Å². The van der Waals surface area contributed by atoms with E-state index in [2.05, 4.69) is 33.9 Å². The number of carbonyl (C=O) groups is 1. The van der Waals surface area contributed by atoms with Crippen LogP contribution >= 0.6 is 0 Å². The lowest BCUT2D eigenvalue weighted by Crippen LogP contribution is -2.49. The van der Waals surface area contributed by atoms with Crippen molar-refractivity contribution in [3.63, 3.8) is 0 Å². The van der Waals surface area contributed by atoms with E-state index in [0.717, 1.165) is 0 Å². The molecule has 1 saturated heterocycles. The number of carbonyl (C=O) groups excluding carboxylic acids is 1.